The van der Waals surface area contributed by atoms with Gasteiger partial charge in [0.05, 0.1) is 59.0 Å². The van der Waals surface area contributed by atoms with Crippen molar-refractivity contribution >= 4 is 6.09 Å². The molecule has 9 nitrogen and oxygen atoms in total. The molecule has 1 amide bonds. The SMILES string of the molecule is CC(OCCOCCOCCOCCOCCCCNC(=O)OC(C)(C)C)C(F)CN. The summed E-state index contributed by atoms with van der Waals surface area (Å²) in [6, 6.07) is 0. The Balaban J connectivity index is 3.20. The van der Waals surface area contributed by atoms with Crippen molar-refractivity contribution in [1.29, 1.82) is 0 Å². The van der Waals surface area contributed by atoms with Gasteiger partial charge in [-0.2, -0.15) is 0 Å². The molecule has 0 spiro atoms. The maximum atomic E-state index is 13.2. The van der Waals surface area contributed by atoms with Gasteiger partial charge in [0.2, 0.25) is 0 Å². The fourth-order valence-corrected chi connectivity index (χ4v) is 2.18. The Bertz CT molecular complexity index is 425. The van der Waals surface area contributed by atoms with Crippen LogP contribution in [0.15, 0.2) is 0 Å². The number of rotatable bonds is 20. The van der Waals surface area contributed by atoms with Crippen molar-refractivity contribution in [2.24, 2.45) is 5.73 Å². The van der Waals surface area contributed by atoms with Crippen molar-refractivity contribution in [3.05, 3.63) is 0 Å². The summed E-state index contributed by atoms with van der Waals surface area (Å²) in [7, 11) is 0. The number of nitrogens with two attached hydrogens (primary N) is 1. The van der Waals surface area contributed by atoms with Crippen LogP contribution < -0.4 is 11.1 Å². The first-order valence-corrected chi connectivity index (χ1v) is 11.0. The smallest absolute Gasteiger partial charge is 0.407 e. The Morgan fingerprint density at radius 1 is 0.871 bits per heavy atom. The molecule has 0 aliphatic rings. The van der Waals surface area contributed by atoms with Gasteiger partial charge in [-0.05, 0) is 40.5 Å². The fourth-order valence-electron chi connectivity index (χ4n) is 2.18. The number of alkyl halides is 1. The Morgan fingerprint density at radius 2 is 1.35 bits per heavy atom. The summed E-state index contributed by atoms with van der Waals surface area (Å²) in [5.41, 5.74) is 4.75. The maximum absolute atomic E-state index is 13.2. The second kappa shape index (κ2) is 19.6. The number of alkyl carbamates (subject to hydrolysis) is 1. The summed E-state index contributed by atoms with van der Waals surface area (Å²) < 4.78 is 45.2. The Morgan fingerprint density at radius 3 is 1.84 bits per heavy atom. The molecule has 0 saturated heterocycles. The van der Waals surface area contributed by atoms with E-state index in [1.807, 2.05) is 20.8 Å². The molecule has 0 rings (SSSR count). The lowest BCUT2D eigenvalue weighted by molar-refractivity contribution is -0.0344. The topological polar surface area (TPSA) is 110 Å². The molecule has 0 bridgehead atoms. The highest BCUT2D eigenvalue weighted by atomic mass is 19.1. The van der Waals surface area contributed by atoms with E-state index in [1.54, 1.807) is 6.92 Å². The van der Waals surface area contributed by atoms with Crippen LogP contribution in [-0.2, 0) is 28.4 Å². The summed E-state index contributed by atoms with van der Waals surface area (Å²) in [4.78, 5) is 11.5. The minimum atomic E-state index is -1.15. The van der Waals surface area contributed by atoms with Crippen LogP contribution >= 0.6 is 0 Å². The molecule has 0 saturated carbocycles. The lowest BCUT2D eigenvalue weighted by atomic mass is 10.2. The Kier molecular flexibility index (Phi) is 19.0. The lowest BCUT2D eigenvalue weighted by Gasteiger charge is -2.19. The lowest BCUT2D eigenvalue weighted by Crippen LogP contribution is -2.33. The van der Waals surface area contributed by atoms with Crippen molar-refractivity contribution in [3.63, 3.8) is 0 Å². The van der Waals surface area contributed by atoms with Crippen LogP contribution in [0.2, 0.25) is 0 Å². The zero-order valence-electron chi connectivity index (χ0n) is 19.7. The van der Waals surface area contributed by atoms with Gasteiger partial charge in [0, 0.05) is 19.7 Å². The Hall–Kier alpha value is -1.04. The fraction of sp³-hybridized carbons (Fsp3) is 0.952. The second-order valence-electron chi connectivity index (χ2n) is 7.91. The van der Waals surface area contributed by atoms with Gasteiger partial charge in [0.15, 0.2) is 0 Å². The van der Waals surface area contributed by atoms with Gasteiger partial charge in [-0.1, -0.05) is 0 Å². The molecule has 0 heterocycles. The molecule has 2 unspecified atom stereocenters. The van der Waals surface area contributed by atoms with E-state index in [0.29, 0.717) is 66.0 Å². The zero-order chi connectivity index (χ0) is 23.4. The van der Waals surface area contributed by atoms with E-state index < -0.39 is 24.0 Å². The number of carbonyl (C=O) groups excluding carboxylic acids is 1. The van der Waals surface area contributed by atoms with Gasteiger partial charge in [-0.3, -0.25) is 0 Å². The number of hydrogen-bond donors (Lipinski definition) is 2. The molecule has 0 aromatic rings. The third kappa shape index (κ3) is 22.0. The van der Waals surface area contributed by atoms with E-state index in [2.05, 4.69) is 5.32 Å². The molecule has 186 valence electrons. The van der Waals surface area contributed by atoms with Crippen LogP contribution in [-0.4, -0.2) is 96.5 Å². The molecule has 2 atom stereocenters. The monoisotopic (exact) mass is 454 g/mol. The van der Waals surface area contributed by atoms with Gasteiger partial charge >= 0.3 is 6.09 Å². The molecule has 0 aromatic carbocycles. The van der Waals surface area contributed by atoms with Crippen molar-refractivity contribution < 1.29 is 37.6 Å². The summed E-state index contributed by atoms with van der Waals surface area (Å²) >= 11 is 0. The molecule has 10 heteroatoms. The van der Waals surface area contributed by atoms with Crippen LogP contribution in [0.1, 0.15) is 40.5 Å². The molecule has 0 aliphatic carbocycles. The van der Waals surface area contributed by atoms with Crippen LogP contribution in [0.4, 0.5) is 9.18 Å². The number of ether oxygens (including phenoxy) is 6. The molecular weight excluding hydrogens is 411 g/mol. The predicted molar refractivity (Wildman–Crippen MR) is 116 cm³/mol. The zero-order valence-corrected chi connectivity index (χ0v) is 19.7. The van der Waals surface area contributed by atoms with E-state index >= 15 is 0 Å². The molecule has 0 radical (unpaired) electrons. The summed E-state index contributed by atoms with van der Waals surface area (Å²) in [6.07, 6.45) is -0.391. The summed E-state index contributed by atoms with van der Waals surface area (Å²) in [5, 5.41) is 2.71. The average Bonchev–Trinajstić information content (AvgIpc) is 2.70. The number of nitrogens with one attached hydrogen (secondary N) is 1. The first-order chi connectivity index (χ1) is 14.8. The number of hydrogen-bond acceptors (Lipinski definition) is 8. The minimum Gasteiger partial charge on any atom is -0.444 e. The number of unbranched alkanes of at least 4 members (excludes halogenated alkanes) is 1. The normalized spacial score (nSPS) is 13.7. The van der Waals surface area contributed by atoms with E-state index in [-0.39, 0.29) is 6.54 Å². The first kappa shape index (κ1) is 30.0. The summed E-state index contributed by atoms with van der Waals surface area (Å²) in [6.45, 7) is 11.9. The highest BCUT2D eigenvalue weighted by Crippen LogP contribution is 2.06. The van der Waals surface area contributed by atoms with Crippen LogP contribution in [0.3, 0.4) is 0 Å². The van der Waals surface area contributed by atoms with Gasteiger partial charge < -0.3 is 39.5 Å². The number of halogens is 1. The third-order valence-electron chi connectivity index (χ3n) is 3.84. The van der Waals surface area contributed by atoms with Crippen molar-refractivity contribution in [2.45, 2.75) is 58.4 Å². The standard InChI is InChI=1S/C21H43FN2O7/c1-18(19(22)17-23)30-16-15-29-14-13-28-12-11-27-10-9-26-8-6-5-7-24-20(25)31-21(2,3)4/h18-19H,5-17,23H2,1-4H3,(H,24,25). The van der Waals surface area contributed by atoms with Crippen molar-refractivity contribution in [3.8, 4) is 0 Å². The maximum Gasteiger partial charge on any atom is 0.407 e. The molecule has 0 aromatic heterocycles. The highest BCUT2D eigenvalue weighted by Gasteiger charge is 2.15. The largest absolute Gasteiger partial charge is 0.444 e. The van der Waals surface area contributed by atoms with Gasteiger partial charge in [0.1, 0.15) is 11.8 Å². The van der Waals surface area contributed by atoms with Gasteiger partial charge in [-0.25, -0.2) is 9.18 Å². The van der Waals surface area contributed by atoms with E-state index in [4.69, 9.17) is 34.2 Å². The number of amides is 1. The molecule has 0 fully saturated rings. The van der Waals surface area contributed by atoms with Crippen LogP contribution in [0, 0.1) is 0 Å². The quantitative estimate of drug-likeness (QED) is 0.269. The van der Waals surface area contributed by atoms with E-state index in [9.17, 15) is 9.18 Å². The third-order valence-corrected chi connectivity index (χ3v) is 3.84. The predicted octanol–water partition coefficient (Wildman–Crippen LogP) is 2.06. The van der Waals surface area contributed by atoms with Gasteiger partial charge in [-0.15, -0.1) is 0 Å². The van der Waals surface area contributed by atoms with E-state index in [0.717, 1.165) is 12.8 Å². The van der Waals surface area contributed by atoms with Crippen molar-refractivity contribution in [2.75, 3.05) is 72.6 Å². The molecular formula is C21H43FN2O7. The molecule has 31 heavy (non-hydrogen) atoms. The Labute approximate surface area is 186 Å². The van der Waals surface area contributed by atoms with Gasteiger partial charge in [0.25, 0.3) is 0 Å². The minimum absolute atomic E-state index is 0.0425. The number of carbonyl (C=O) groups is 1. The second-order valence-corrected chi connectivity index (χ2v) is 7.91. The molecule has 0 aliphatic heterocycles. The highest BCUT2D eigenvalue weighted by molar-refractivity contribution is 5.67. The van der Waals surface area contributed by atoms with Crippen molar-refractivity contribution in [1.82, 2.24) is 5.32 Å². The van der Waals surface area contributed by atoms with E-state index in [1.165, 1.54) is 0 Å². The van der Waals surface area contributed by atoms with Crippen LogP contribution in [0.25, 0.3) is 0 Å². The molecule has 3 N–H and O–H groups in total. The summed E-state index contributed by atoms with van der Waals surface area (Å²) in [5.74, 6) is 0. The first-order valence-electron chi connectivity index (χ1n) is 11.0. The van der Waals surface area contributed by atoms with Crippen LogP contribution in [0.5, 0.6) is 0 Å². The average molecular weight is 455 g/mol.